The van der Waals surface area contributed by atoms with Crippen molar-refractivity contribution in [2.75, 3.05) is 0 Å². The molecule has 1 rings (SSSR count). The second-order valence-corrected chi connectivity index (χ2v) is 5.74. The van der Waals surface area contributed by atoms with Crippen LogP contribution < -0.4 is 10.6 Å². The van der Waals surface area contributed by atoms with E-state index in [9.17, 15) is 9.59 Å². The van der Waals surface area contributed by atoms with Gasteiger partial charge < -0.3 is 15.7 Å². The van der Waals surface area contributed by atoms with E-state index < -0.39 is 18.0 Å². The largest absolute Gasteiger partial charge is 0.480 e. The lowest BCUT2D eigenvalue weighted by Crippen LogP contribution is -2.51. The molecule has 0 saturated heterocycles. The number of amides is 2. The third-order valence-corrected chi connectivity index (χ3v) is 3.85. The third kappa shape index (κ3) is 6.16. The number of nitrogens with one attached hydrogen (secondary N) is 2. The van der Waals surface area contributed by atoms with Gasteiger partial charge in [-0.2, -0.15) is 0 Å². The quantitative estimate of drug-likeness (QED) is 0.691. The van der Waals surface area contributed by atoms with Crippen LogP contribution in [0.1, 0.15) is 39.2 Å². The molecule has 5 heteroatoms. The second-order valence-electron chi connectivity index (χ2n) is 5.74. The van der Waals surface area contributed by atoms with Crippen LogP contribution in [0.25, 0.3) is 0 Å². The Morgan fingerprint density at radius 3 is 2.32 bits per heavy atom. The van der Waals surface area contributed by atoms with E-state index in [2.05, 4.69) is 22.8 Å². The van der Waals surface area contributed by atoms with Gasteiger partial charge in [-0.3, -0.25) is 0 Å². The summed E-state index contributed by atoms with van der Waals surface area (Å²) in [6.45, 7) is 5.64. The van der Waals surface area contributed by atoms with E-state index in [0.29, 0.717) is 6.42 Å². The first-order valence-corrected chi connectivity index (χ1v) is 7.77. The van der Waals surface area contributed by atoms with Gasteiger partial charge in [0.1, 0.15) is 6.04 Å². The maximum absolute atomic E-state index is 11.9. The summed E-state index contributed by atoms with van der Waals surface area (Å²) in [7, 11) is 0. The standard InChI is InChI=1S/C17H26N2O3/c1-4-12(2)15(16(20)21)19-17(22)18-13(3)10-11-14-8-6-5-7-9-14/h5-9,12-13,15H,4,10-11H2,1-3H3,(H,20,21)(H2,18,19,22)/t12-,13-,15+/m1/s1. The molecule has 0 radical (unpaired) electrons. The zero-order chi connectivity index (χ0) is 16.5. The van der Waals surface area contributed by atoms with Crippen molar-refractivity contribution >= 4 is 12.0 Å². The predicted octanol–water partition coefficient (Wildman–Crippen LogP) is 2.81. The van der Waals surface area contributed by atoms with Crippen LogP contribution in [0, 0.1) is 5.92 Å². The molecule has 0 unspecified atom stereocenters. The van der Waals surface area contributed by atoms with Gasteiger partial charge in [0.15, 0.2) is 0 Å². The van der Waals surface area contributed by atoms with Gasteiger partial charge in [-0.15, -0.1) is 0 Å². The molecule has 1 aromatic carbocycles. The van der Waals surface area contributed by atoms with Gasteiger partial charge in [0, 0.05) is 6.04 Å². The fourth-order valence-corrected chi connectivity index (χ4v) is 2.19. The van der Waals surface area contributed by atoms with Crippen molar-refractivity contribution in [1.29, 1.82) is 0 Å². The first kappa shape index (κ1) is 18.0. The summed E-state index contributed by atoms with van der Waals surface area (Å²) in [5.41, 5.74) is 1.22. The Morgan fingerprint density at radius 1 is 1.14 bits per heavy atom. The molecule has 0 bridgehead atoms. The molecule has 0 aromatic heterocycles. The molecule has 3 N–H and O–H groups in total. The van der Waals surface area contributed by atoms with Crippen LogP contribution in [0.2, 0.25) is 0 Å². The first-order valence-electron chi connectivity index (χ1n) is 7.77. The summed E-state index contributed by atoms with van der Waals surface area (Å²) in [6, 6.07) is 8.76. The molecular weight excluding hydrogens is 280 g/mol. The number of carboxylic acids is 1. The van der Waals surface area contributed by atoms with Crippen LogP contribution in [0.3, 0.4) is 0 Å². The average Bonchev–Trinajstić information content (AvgIpc) is 2.50. The van der Waals surface area contributed by atoms with E-state index in [1.54, 1.807) is 0 Å². The smallest absolute Gasteiger partial charge is 0.326 e. The Bertz CT molecular complexity index is 476. The van der Waals surface area contributed by atoms with Crippen molar-refractivity contribution in [3.8, 4) is 0 Å². The molecule has 0 aliphatic rings. The zero-order valence-electron chi connectivity index (χ0n) is 13.5. The van der Waals surface area contributed by atoms with Crippen LogP contribution in [0.4, 0.5) is 4.79 Å². The molecule has 22 heavy (non-hydrogen) atoms. The Balaban J connectivity index is 2.41. The highest BCUT2D eigenvalue weighted by atomic mass is 16.4. The van der Waals surface area contributed by atoms with Crippen molar-refractivity contribution in [1.82, 2.24) is 10.6 Å². The van der Waals surface area contributed by atoms with Gasteiger partial charge in [-0.05, 0) is 31.2 Å². The molecule has 0 spiro atoms. The summed E-state index contributed by atoms with van der Waals surface area (Å²) in [5, 5.41) is 14.5. The minimum atomic E-state index is -0.999. The Morgan fingerprint density at radius 2 is 1.77 bits per heavy atom. The lowest BCUT2D eigenvalue weighted by Gasteiger charge is -2.22. The summed E-state index contributed by atoms with van der Waals surface area (Å²) < 4.78 is 0. The monoisotopic (exact) mass is 306 g/mol. The topological polar surface area (TPSA) is 78.4 Å². The predicted molar refractivity (Wildman–Crippen MR) is 86.8 cm³/mol. The van der Waals surface area contributed by atoms with E-state index >= 15 is 0 Å². The maximum atomic E-state index is 11.9. The fraction of sp³-hybridized carbons (Fsp3) is 0.529. The van der Waals surface area contributed by atoms with Gasteiger partial charge in [0.2, 0.25) is 0 Å². The lowest BCUT2D eigenvalue weighted by atomic mass is 9.99. The number of rotatable bonds is 8. The molecule has 0 heterocycles. The van der Waals surface area contributed by atoms with Crippen molar-refractivity contribution < 1.29 is 14.7 Å². The lowest BCUT2D eigenvalue weighted by molar-refractivity contribution is -0.140. The zero-order valence-corrected chi connectivity index (χ0v) is 13.5. The van der Waals surface area contributed by atoms with Gasteiger partial charge >= 0.3 is 12.0 Å². The highest BCUT2D eigenvalue weighted by Gasteiger charge is 2.25. The molecular formula is C17H26N2O3. The second kappa shape index (κ2) is 9.07. The van der Waals surface area contributed by atoms with Gasteiger partial charge in [-0.25, -0.2) is 9.59 Å². The van der Waals surface area contributed by atoms with E-state index in [-0.39, 0.29) is 12.0 Å². The number of aryl methyl sites for hydroxylation is 1. The Labute approximate surface area is 132 Å². The molecule has 3 atom stereocenters. The number of hydrogen-bond acceptors (Lipinski definition) is 2. The summed E-state index contributed by atoms with van der Waals surface area (Å²) in [6.07, 6.45) is 2.37. The van der Waals surface area contributed by atoms with E-state index in [4.69, 9.17) is 5.11 Å². The van der Waals surface area contributed by atoms with Crippen molar-refractivity contribution in [3.63, 3.8) is 0 Å². The Hall–Kier alpha value is -2.04. The van der Waals surface area contributed by atoms with Crippen LogP contribution in [-0.2, 0) is 11.2 Å². The molecule has 0 fully saturated rings. The molecule has 0 aliphatic heterocycles. The van der Waals surface area contributed by atoms with Crippen LogP contribution in [-0.4, -0.2) is 29.2 Å². The van der Waals surface area contributed by atoms with Crippen molar-refractivity contribution in [2.45, 2.75) is 52.1 Å². The minimum absolute atomic E-state index is 0.0217. The normalized spacial score (nSPS) is 14.7. The van der Waals surface area contributed by atoms with Crippen LogP contribution in [0.5, 0.6) is 0 Å². The van der Waals surface area contributed by atoms with Crippen molar-refractivity contribution in [3.05, 3.63) is 35.9 Å². The molecule has 0 saturated carbocycles. The molecule has 5 nitrogen and oxygen atoms in total. The highest BCUT2D eigenvalue weighted by Crippen LogP contribution is 2.08. The number of carboxylic acid groups (broad SMARTS) is 1. The number of carbonyl (C=O) groups excluding carboxylic acids is 1. The van der Waals surface area contributed by atoms with Crippen LogP contribution in [0.15, 0.2) is 30.3 Å². The number of hydrogen-bond donors (Lipinski definition) is 3. The summed E-state index contributed by atoms with van der Waals surface area (Å²) >= 11 is 0. The van der Waals surface area contributed by atoms with Gasteiger partial charge in [-0.1, -0.05) is 50.6 Å². The minimum Gasteiger partial charge on any atom is -0.480 e. The number of aliphatic carboxylic acids is 1. The first-order chi connectivity index (χ1) is 10.4. The van der Waals surface area contributed by atoms with Gasteiger partial charge in [0.25, 0.3) is 0 Å². The third-order valence-electron chi connectivity index (χ3n) is 3.85. The highest BCUT2D eigenvalue weighted by molar-refractivity contribution is 5.82. The Kier molecular flexibility index (Phi) is 7.43. The molecule has 0 aliphatic carbocycles. The molecule has 2 amide bonds. The van der Waals surface area contributed by atoms with Crippen LogP contribution >= 0.6 is 0 Å². The number of urea groups is 1. The van der Waals surface area contributed by atoms with Crippen molar-refractivity contribution in [2.24, 2.45) is 5.92 Å². The van der Waals surface area contributed by atoms with E-state index in [1.807, 2.05) is 39.0 Å². The SMILES string of the molecule is CC[C@@H](C)[C@H](NC(=O)N[C@H](C)CCc1ccccc1)C(=O)O. The number of benzene rings is 1. The summed E-state index contributed by atoms with van der Waals surface area (Å²) in [5.74, 6) is -1.11. The maximum Gasteiger partial charge on any atom is 0.326 e. The number of carbonyl (C=O) groups is 2. The van der Waals surface area contributed by atoms with E-state index in [1.165, 1.54) is 5.56 Å². The van der Waals surface area contributed by atoms with E-state index in [0.717, 1.165) is 12.8 Å². The molecule has 122 valence electrons. The fourth-order valence-electron chi connectivity index (χ4n) is 2.19. The van der Waals surface area contributed by atoms with Gasteiger partial charge in [0.05, 0.1) is 0 Å². The summed E-state index contributed by atoms with van der Waals surface area (Å²) in [4.78, 5) is 23.1. The average molecular weight is 306 g/mol. The molecule has 1 aromatic rings.